The van der Waals surface area contributed by atoms with Crippen molar-refractivity contribution in [1.29, 1.82) is 0 Å². The number of fused-ring (bicyclic) bond motifs is 1. The molecule has 30 heavy (non-hydrogen) atoms. The van der Waals surface area contributed by atoms with Crippen LogP contribution in [0, 0.1) is 22.7 Å². The zero-order chi connectivity index (χ0) is 21.4. The average Bonchev–Trinajstić information content (AvgIpc) is 3.48. The number of pyridine rings is 1. The highest BCUT2D eigenvalue weighted by Gasteiger charge is 2.53. The van der Waals surface area contributed by atoms with Gasteiger partial charge in [0, 0.05) is 51.3 Å². The van der Waals surface area contributed by atoms with E-state index < -0.39 is 5.41 Å². The maximum absolute atomic E-state index is 13.5. The smallest absolute Gasteiger partial charge is 0.228 e. The number of carbonyl (C=O) groups is 2. The number of rotatable bonds is 5. The Morgan fingerprint density at radius 2 is 2.03 bits per heavy atom. The van der Waals surface area contributed by atoms with Crippen LogP contribution in [0.25, 0.3) is 0 Å². The van der Waals surface area contributed by atoms with Gasteiger partial charge in [0.15, 0.2) is 0 Å². The first kappa shape index (κ1) is 21.1. The fourth-order valence-corrected chi connectivity index (χ4v) is 5.05. The van der Waals surface area contributed by atoms with Gasteiger partial charge in [-0.1, -0.05) is 26.8 Å². The molecule has 0 radical (unpaired) electrons. The molecule has 1 aliphatic carbocycles. The lowest BCUT2D eigenvalue weighted by atomic mass is 9.74. The highest BCUT2D eigenvalue weighted by atomic mass is 16.2. The monoisotopic (exact) mass is 412 g/mol. The Kier molecular flexibility index (Phi) is 5.78. The Hall–Kier alpha value is -2.11. The normalized spacial score (nSPS) is 26.8. The van der Waals surface area contributed by atoms with Gasteiger partial charge < -0.3 is 15.1 Å². The molecule has 2 saturated heterocycles. The van der Waals surface area contributed by atoms with Gasteiger partial charge in [0.2, 0.25) is 11.8 Å². The van der Waals surface area contributed by atoms with Crippen molar-refractivity contribution in [2.75, 3.05) is 37.6 Å². The zero-order valence-electron chi connectivity index (χ0n) is 18.7. The molecule has 6 heteroatoms. The van der Waals surface area contributed by atoms with E-state index in [4.69, 9.17) is 0 Å². The molecule has 164 valence electrons. The Morgan fingerprint density at radius 3 is 2.70 bits per heavy atom. The van der Waals surface area contributed by atoms with E-state index in [0.29, 0.717) is 25.4 Å². The summed E-state index contributed by atoms with van der Waals surface area (Å²) in [5.41, 5.74) is -0.471. The number of anilines is 1. The molecule has 2 amide bonds. The molecule has 6 nitrogen and oxygen atoms in total. The predicted molar refractivity (Wildman–Crippen MR) is 118 cm³/mol. The molecular weight excluding hydrogens is 376 g/mol. The summed E-state index contributed by atoms with van der Waals surface area (Å²) >= 11 is 0. The van der Waals surface area contributed by atoms with E-state index in [2.05, 4.69) is 36.0 Å². The molecule has 0 unspecified atom stereocenters. The maximum atomic E-state index is 13.5. The number of nitrogens with one attached hydrogen (secondary N) is 1. The van der Waals surface area contributed by atoms with Gasteiger partial charge in [-0.05, 0) is 49.1 Å². The van der Waals surface area contributed by atoms with Crippen molar-refractivity contribution < 1.29 is 9.59 Å². The highest BCUT2D eigenvalue weighted by Crippen LogP contribution is 2.44. The minimum atomic E-state index is -0.441. The van der Waals surface area contributed by atoms with Crippen LogP contribution in [0.3, 0.4) is 0 Å². The molecule has 1 N–H and O–H groups in total. The van der Waals surface area contributed by atoms with E-state index in [0.717, 1.165) is 38.3 Å². The molecule has 3 heterocycles. The summed E-state index contributed by atoms with van der Waals surface area (Å²) in [7, 11) is 0. The minimum absolute atomic E-state index is 0.0300. The topological polar surface area (TPSA) is 65.5 Å². The fraction of sp³-hybridized carbons (Fsp3) is 0.708. The van der Waals surface area contributed by atoms with E-state index in [1.165, 1.54) is 12.8 Å². The Morgan fingerprint density at radius 1 is 1.23 bits per heavy atom. The van der Waals surface area contributed by atoms with Crippen molar-refractivity contribution in [3.63, 3.8) is 0 Å². The van der Waals surface area contributed by atoms with Gasteiger partial charge in [-0.25, -0.2) is 4.98 Å². The lowest BCUT2D eigenvalue weighted by Gasteiger charge is -2.33. The SMILES string of the molecule is CC(C)(C)CC(=O)N1CCC[C@@]2(C(=O)NCC3CC3)CN(c3ccccn3)C[C@H]2C1. The minimum Gasteiger partial charge on any atom is -0.355 e. The third kappa shape index (κ3) is 4.62. The van der Waals surface area contributed by atoms with Crippen LogP contribution in [0.2, 0.25) is 0 Å². The van der Waals surface area contributed by atoms with Crippen molar-refractivity contribution in [3.05, 3.63) is 24.4 Å². The van der Waals surface area contributed by atoms with Crippen LogP contribution in [-0.2, 0) is 9.59 Å². The van der Waals surface area contributed by atoms with E-state index in [9.17, 15) is 9.59 Å². The lowest BCUT2D eigenvalue weighted by molar-refractivity contribution is -0.136. The number of nitrogens with zero attached hydrogens (tertiary/aromatic N) is 3. The van der Waals surface area contributed by atoms with Crippen LogP contribution < -0.4 is 10.2 Å². The number of aromatic nitrogens is 1. The molecule has 1 saturated carbocycles. The second-order valence-electron chi connectivity index (χ2n) is 10.8. The molecule has 1 aromatic heterocycles. The third-order valence-corrected chi connectivity index (χ3v) is 6.89. The van der Waals surface area contributed by atoms with Crippen molar-refractivity contribution in [1.82, 2.24) is 15.2 Å². The molecule has 2 aliphatic heterocycles. The maximum Gasteiger partial charge on any atom is 0.228 e. The summed E-state index contributed by atoms with van der Waals surface area (Å²) in [6.45, 7) is 10.00. The largest absolute Gasteiger partial charge is 0.355 e. The molecular formula is C24H36N4O2. The van der Waals surface area contributed by atoms with Crippen LogP contribution in [-0.4, -0.2) is 54.4 Å². The summed E-state index contributed by atoms with van der Waals surface area (Å²) < 4.78 is 0. The second-order valence-corrected chi connectivity index (χ2v) is 10.8. The number of amides is 2. The molecule has 4 rings (SSSR count). The molecule has 0 spiro atoms. The van der Waals surface area contributed by atoms with E-state index in [-0.39, 0.29) is 23.1 Å². The standard InChI is InChI=1S/C24H36N4O2/c1-23(2,3)13-21(29)27-12-6-10-24(22(30)26-14-18-8-9-18)17-28(16-19(24)15-27)20-7-4-5-11-25-20/h4-5,7,11,18-19H,6,8-10,12-17H2,1-3H3,(H,26,30)/t19-,24-/m1/s1. The second kappa shape index (κ2) is 8.20. The molecule has 1 aromatic rings. The predicted octanol–water partition coefficient (Wildman–Crippen LogP) is 3.09. The average molecular weight is 413 g/mol. The van der Waals surface area contributed by atoms with Crippen LogP contribution >= 0.6 is 0 Å². The highest BCUT2D eigenvalue weighted by molar-refractivity contribution is 5.85. The zero-order valence-corrected chi connectivity index (χ0v) is 18.7. The molecule has 3 aliphatic rings. The number of hydrogen-bond donors (Lipinski definition) is 1. The van der Waals surface area contributed by atoms with Crippen molar-refractivity contribution >= 4 is 17.6 Å². The summed E-state index contributed by atoms with van der Waals surface area (Å²) in [6.07, 6.45) is 6.51. The summed E-state index contributed by atoms with van der Waals surface area (Å²) in [4.78, 5) is 35.3. The Labute approximate surface area is 180 Å². The van der Waals surface area contributed by atoms with Gasteiger partial charge in [-0.15, -0.1) is 0 Å². The summed E-state index contributed by atoms with van der Waals surface area (Å²) in [6, 6.07) is 5.93. The molecule has 0 aromatic carbocycles. The van der Waals surface area contributed by atoms with Crippen molar-refractivity contribution in [3.8, 4) is 0 Å². The Balaban J connectivity index is 1.55. The first-order chi connectivity index (χ1) is 14.3. The quantitative estimate of drug-likeness (QED) is 0.807. The van der Waals surface area contributed by atoms with E-state index in [1.54, 1.807) is 0 Å². The first-order valence-corrected chi connectivity index (χ1v) is 11.5. The molecule has 2 atom stereocenters. The summed E-state index contributed by atoms with van der Waals surface area (Å²) in [5.74, 6) is 2.11. The Bertz CT molecular complexity index is 771. The van der Waals surface area contributed by atoms with Crippen molar-refractivity contribution in [2.45, 2.75) is 52.9 Å². The molecule has 3 fully saturated rings. The van der Waals surface area contributed by atoms with Gasteiger partial charge in [0.05, 0.1) is 5.41 Å². The van der Waals surface area contributed by atoms with Gasteiger partial charge in [-0.3, -0.25) is 9.59 Å². The lowest BCUT2D eigenvalue weighted by Crippen LogP contribution is -2.48. The number of hydrogen-bond acceptors (Lipinski definition) is 4. The van der Waals surface area contributed by atoms with Crippen LogP contribution in [0.15, 0.2) is 24.4 Å². The van der Waals surface area contributed by atoms with Gasteiger partial charge >= 0.3 is 0 Å². The third-order valence-electron chi connectivity index (χ3n) is 6.89. The van der Waals surface area contributed by atoms with Crippen LogP contribution in [0.1, 0.15) is 52.9 Å². The van der Waals surface area contributed by atoms with Crippen molar-refractivity contribution in [2.24, 2.45) is 22.7 Å². The van der Waals surface area contributed by atoms with E-state index >= 15 is 0 Å². The van der Waals surface area contributed by atoms with E-state index in [1.807, 2.05) is 29.3 Å². The molecule has 0 bridgehead atoms. The summed E-state index contributed by atoms with van der Waals surface area (Å²) in [5, 5.41) is 3.27. The fourth-order valence-electron chi connectivity index (χ4n) is 5.05. The van der Waals surface area contributed by atoms with Crippen LogP contribution in [0.5, 0.6) is 0 Å². The van der Waals surface area contributed by atoms with Gasteiger partial charge in [0.1, 0.15) is 5.82 Å². The number of likely N-dealkylation sites (tertiary alicyclic amines) is 1. The number of carbonyl (C=O) groups excluding carboxylic acids is 2. The first-order valence-electron chi connectivity index (χ1n) is 11.5. The van der Waals surface area contributed by atoms with Crippen LogP contribution in [0.4, 0.5) is 5.82 Å². The van der Waals surface area contributed by atoms with Gasteiger partial charge in [0.25, 0.3) is 0 Å². The van der Waals surface area contributed by atoms with Gasteiger partial charge in [-0.2, -0.15) is 0 Å².